The summed E-state index contributed by atoms with van der Waals surface area (Å²) < 4.78 is 2.12. The topological polar surface area (TPSA) is 44.1 Å². The quantitative estimate of drug-likeness (QED) is 0.625. The smallest absolute Gasteiger partial charge is 0.274 e. The number of nitrogens with zero attached hydrogens (tertiary/aromatic N) is 5. The van der Waals surface area contributed by atoms with Crippen LogP contribution in [0.15, 0.2) is 35.8 Å². The molecule has 6 nitrogen and oxygen atoms in total. The van der Waals surface area contributed by atoms with E-state index in [9.17, 15) is 4.79 Å². The summed E-state index contributed by atoms with van der Waals surface area (Å²) in [5, 5.41) is 2.05. The summed E-state index contributed by atoms with van der Waals surface area (Å²) in [5.74, 6) is 0.0821. The maximum Gasteiger partial charge on any atom is 0.274 e. The lowest BCUT2D eigenvalue weighted by Crippen LogP contribution is -2.36. The van der Waals surface area contributed by atoms with Gasteiger partial charge >= 0.3 is 0 Å². The highest BCUT2D eigenvalue weighted by Gasteiger charge is 2.29. The number of imidazole rings is 1. The summed E-state index contributed by atoms with van der Waals surface area (Å²) in [6, 6.07) is 9.20. The number of rotatable bonds is 4. The van der Waals surface area contributed by atoms with E-state index >= 15 is 0 Å². The van der Waals surface area contributed by atoms with Crippen molar-refractivity contribution in [3.05, 3.63) is 58.4 Å². The van der Waals surface area contributed by atoms with E-state index in [1.807, 2.05) is 4.90 Å². The minimum absolute atomic E-state index is 0.0821. The van der Waals surface area contributed by atoms with Gasteiger partial charge in [0.1, 0.15) is 0 Å². The van der Waals surface area contributed by atoms with Gasteiger partial charge < -0.3 is 9.80 Å². The van der Waals surface area contributed by atoms with Gasteiger partial charge in [0, 0.05) is 43.8 Å². The number of likely N-dealkylation sites (N-methyl/N-ethyl adjacent to an activating group) is 1. The van der Waals surface area contributed by atoms with Crippen LogP contribution < -0.4 is 0 Å². The van der Waals surface area contributed by atoms with Gasteiger partial charge in [-0.05, 0) is 57.5 Å². The van der Waals surface area contributed by atoms with Gasteiger partial charge in [0.05, 0.1) is 5.69 Å². The van der Waals surface area contributed by atoms with Crippen LogP contribution in [0, 0.1) is 0 Å². The van der Waals surface area contributed by atoms with Gasteiger partial charge in [-0.25, -0.2) is 4.98 Å². The first-order valence-corrected chi connectivity index (χ1v) is 12.2. The number of amides is 1. The molecule has 3 aromatic rings. The highest BCUT2D eigenvalue weighted by atomic mass is 32.1. The molecule has 0 unspecified atom stereocenters. The first-order chi connectivity index (χ1) is 15.1. The molecule has 1 fully saturated rings. The molecule has 0 spiro atoms. The molecule has 1 aliphatic carbocycles. The molecule has 1 saturated heterocycles. The predicted octanol–water partition coefficient (Wildman–Crippen LogP) is 3.68. The standard InChI is InChI=1S/C24H31N5OS/c1-26-11-6-12-28(14-13-26)23(30)22-21(29-15-16-31-24(29)25-22)17-27(2)20-10-5-8-18-7-3-4-9-19(18)20/h3-4,7,9,15-16,20H,5-6,8,10-14,17H2,1-2H3/t20-/m0/s1. The molecule has 3 heterocycles. The molecule has 0 N–H and O–H groups in total. The molecule has 1 aliphatic heterocycles. The molecule has 1 aromatic carbocycles. The maximum atomic E-state index is 13.5. The summed E-state index contributed by atoms with van der Waals surface area (Å²) >= 11 is 1.60. The Bertz CT molecular complexity index is 1070. The monoisotopic (exact) mass is 437 g/mol. The average Bonchev–Trinajstić information content (AvgIpc) is 3.30. The fraction of sp³-hybridized carbons (Fsp3) is 0.500. The van der Waals surface area contributed by atoms with E-state index in [4.69, 9.17) is 4.98 Å². The Kier molecular flexibility index (Phi) is 5.82. The van der Waals surface area contributed by atoms with Gasteiger partial charge in [-0.1, -0.05) is 24.3 Å². The second kappa shape index (κ2) is 8.73. The van der Waals surface area contributed by atoms with Crippen molar-refractivity contribution in [2.75, 3.05) is 40.3 Å². The van der Waals surface area contributed by atoms with Crippen LogP contribution in [-0.2, 0) is 13.0 Å². The lowest BCUT2D eigenvalue weighted by atomic mass is 9.87. The summed E-state index contributed by atoms with van der Waals surface area (Å²) in [4.78, 5) is 25.9. The van der Waals surface area contributed by atoms with Gasteiger partial charge in [-0.15, -0.1) is 11.3 Å². The highest BCUT2D eigenvalue weighted by Crippen LogP contribution is 2.34. The Labute approximate surface area is 188 Å². The van der Waals surface area contributed by atoms with Gasteiger partial charge in [0.15, 0.2) is 10.7 Å². The van der Waals surface area contributed by atoms with Crippen molar-refractivity contribution in [3.63, 3.8) is 0 Å². The average molecular weight is 438 g/mol. The molecule has 2 aliphatic rings. The van der Waals surface area contributed by atoms with Crippen molar-refractivity contribution in [1.29, 1.82) is 0 Å². The number of carbonyl (C=O) groups is 1. The van der Waals surface area contributed by atoms with Crippen LogP contribution in [-0.4, -0.2) is 70.3 Å². The van der Waals surface area contributed by atoms with Crippen LogP contribution in [0.25, 0.3) is 4.96 Å². The Morgan fingerprint density at radius 1 is 1.19 bits per heavy atom. The molecule has 7 heteroatoms. The van der Waals surface area contributed by atoms with Gasteiger partial charge in [0.25, 0.3) is 5.91 Å². The second-order valence-electron chi connectivity index (χ2n) is 8.93. The number of aryl methyl sites for hydroxylation is 1. The van der Waals surface area contributed by atoms with Crippen molar-refractivity contribution in [3.8, 4) is 0 Å². The Hall–Kier alpha value is -2.22. The zero-order chi connectivity index (χ0) is 21.4. The van der Waals surface area contributed by atoms with Crippen molar-refractivity contribution in [1.82, 2.24) is 24.1 Å². The largest absolute Gasteiger partial charge is 0.336 e. The van der Waals surface area contributed by atoms with Crippen LogP contribution in [0.4, 0.5) is 0 Å². The third-order valence-corrected chi connectivity index (χ3v) is 7.60. The van der Waals surface area contributed by atoms with E-state index in [2.05, 4.69) is 64.1 Å². The minimum atomic E-state index is 0.0821. The Morgan fingerprint density at radius 2 is 2.06 bits per heavy atom. The number of benzene rings is 1. The van der Waals surface area contributed by atoms with Gasteiger partial charge in [0.2, 0.25) is 0 Å². The summed E-state index contributed by atoms with van der Waals surface area (Å²) in [6.45, 7) is 4.25. The molecular weight excluding hydrogens is 406 g/mol. The summed E-state index contributed by atoms with van der Waals surface area (Å²) in [6.07, 6.45) is 6.59. The third-order valence-electron chi connectivity index (χ3n) is 6.84. The van der Waals surface area contributed by atoms with Gasteiger partial charge in [-0.2, -0.15) is 0 Å². The minimum Gasteiger partial charge on any atom is -0.336 e. The normalized spacial score (nSPS) is 20.2. The van der Waals surface area contributed by atoms with Crippen molar-refractivity contribution in [2.45, 2.75) is 38.3 Å². The molecule has 0 bridgehead atoms. The van der Waals surface area contributed by atoms with Crippen molar-refractivity contribution < 1.29 is 4.79 Å². The van der Waals surface area contributed by atoms with Crippen LogP contribution in [0.1, 0.15) is 52.6 Å². The van der Waals surface area contributed by atoms with E-state index < -0.39 is 0 Å². The van der Waals surface area contributed by atoms with Crippen molar-refractivity contribution >= 4 is 22.2 Å². The maximum absolute atomic E-state index is 13.5. The predicted molar refractivity (Wildman–Crippen MR) is 125 cm³/mol. The van der Waals surface area contributed by atoms with Crippen LogP contribution in [0.3, 0.4) is 0 Å². The van der Waals surface area contributed by atoms with E-state index in [-0.39, 0.29) is 5.91 Å². The number of aromatic nitrogens is 2. The molecular formula is C24H31N5OS. The Morgan fingerprint density at radius 3 is 2.97 bits per heavy atom. The molecule has 2 aromatic heterocycles. The molecule has 0 saturated carbocycles. The fourth-order valence-corrected chi connectivity index (χ4v) is 5.82. The lowest BCUT2D eigenvalue weighted by molar-refractivity contribution is 0.0754. The van der Waals surface area contributed by atoms with Crippen LogP contribution in [0.2, 0.25) is 0 Å². The molecule has 1 atom stereocenters. The third kappa shape index (κ3) is 4.02. The molecule has 5 rings (SSSR count). The molecule has 31 heavy (non-hydrogen) atoms. The first-order valence-electron chi connectivity index (χ1n) is 11.3. The number of hydrogen-bond donors (Lipinski definition) is 0. The van der Waals surface area contributed by atoms with E-state index in [1.165, 1.54) is 17.5 Å². The number of carbonyl (C=O) groups excluding carboxylic acids is 1. The highest BCUT2D eigenvalue weighted by molar-refractivity contribution is 7.15. The molecule has 1 amide bonds. The SMILES string of the molecule is CN1CCCN(C(=O)c2nc3sccn3c2CN(C)[C@H]2CCCc3ccccc32)CC1. The van der Waals surface area contributed by atoms with Crippen LogP contribution in [0.5, 0.6) is 0 Å². The van der Waals surface area contributed by atoms with E-state index in [0.717, 1.165) is 56.1 Å². The fourth-order valence-electron chi connectivity index (χ4n) is 5.09. The van der Waals surface area contributed by atoms with E-state index in [1.54, 1.807) is 11.3 Å². The van der Waals surface area contributed by atoms with Gasteiger partial charge in [-0.3, -0.25) is 14.1 Å². The summed E-state index contributed by atoms with van der Waals surface area (Å²) in [5.41, 5.74) is 4.55. The first kappa shape index (κ1) is 20.7. The van der Waals surface area contributed by atoms with Crippen molar-refractivity contribution in [2.24, 2.45) is 0 Å². The number of thiazole rings is 1. The lowest BCUT2D eigenvalue weighted by Gasteiger charge is -2.33. The zero-order valence-corrected chi connectivity index (χ0v) is 19.3. The van der Waals surface area contributed by atoms with Crippen LogP contribution >= 0.6 is 11.3 Å². The summed E-state index contributed by atoms with van der Waals surface area (Å²) in [7, 11) is 4.32. The molecule has 164 valence electrons. The zero-order valence-electron chi connectivity index (χ0n) is 18.5. The van der Waals surface area contributed by atoms with E-state index in [0.29, 0.717) is 18.3 Å². The number of hydrogen-bond acceptors (Lipinski definition) is 5. The number of fused-ring (bicyclic) bond motifs is 2. The molecule has 0 radical (unpaired) electrons. The Balaban J connectivity index is 1.44. The second-order valence-corrected chi connectivity index (χ2v) is 9.81.